The fourth-order valence-electron chi connectivity index (χ4n) is 2.38. The molecule has 1 aliphatic carbocycles. The Morgan fingerprint density at radius 1 is 1.26 bits per heavy atom. The monoisotopic (exact) mass is 338 g/mol. The van der Waals surface area contributed by atoms with Gasteiger partial charge in [0.25, 0.3) is 5.91 Å². The number of urea groups is 1. The predicted molar refractivity (Wildman–Crippen MR) is 87.6 cm³/mol. The Kier molecular flexibility index (Phi) is 6.15. The Bertz CT molecular complexity index is 595. The highest BCUT2D eigenvalue weighted by Crippen LogP contribution is 2.30. The Morgan fingerprint density at radius 3 is 2.74 bits per heavy atom. The molecule has 1 aromatic heterocycles. The van der Waals surface area contributed by atoms with Gasteiger partial charge in [-0.15, -0.1) is 11.3 Å². The van der Waals surface area contributed by atoms with Crippen LogP contribution >= 0.6 is 11.3 Å². The van der Waals surface area contributed by atoms with E-state index in [9.17, 15) is 14.4 Å². The van der Waals surface area contributed by atoms with E-state index < -0.39 is 24.5 Å². The smallest absolute Gasteiger partial charge is 0.339 e. The topological polar surface area (TPSA) is 84.5 Å². The van der Waals surface area contributed by atoms with Crippen molar-refractivity contribution in [2.45, 2.75) is 39.5 Å². The number of carbonyl (C=O) groups excluding carboxylic acids is 3. The standard InChI is InChI=1S/C16H22N2O4S/c1-10(2)7-17-16(21)18-14(19)8-22-15(20)12-9-23-13-6-4-3-5-11(12)13/h9-10H,3-8H2,1-2H3,(H2,17,18,19,21). The van der Waals surface area contributed by atoms with Gasteiger partial charge in [0.1, 0.15) is 0 Å². The number of hydrogen-bond acceptors (Lipinski definition) is 5. The molecule has 0 aromatic carbocycles. The number of imide groups is 1. The summed E-state index contributed by atoms with van der Waals surface area (Å²) in [5.41, 5.74) is 1.61. The summed E-state index contributed by atoms with van der Waals surface area (Å²) in [5.74, 6) is -0.843. The second kappa shape index (κ2) is 8.10. The summed E-state index contributed by atoms with van der Waals surface area (Å²) in [6.45, 7) is 3.91. The zero-order valence-electron chi connectivity index (χ0n) is 13.4. The zero-order chi connectivity index (χ0) is 16.8. The number of rotatable bonds is 5. The van der Waals surface area contributed by atoms with Crippen LogP contribution in [-0.2, 0) is 22.4 Å². The lowest BCUT2D eigenvalue weighted by molar-refractivity contribution is -0.123. The van der Waals surface area contributed by atoms with Gasteiger partial charge in [0, 0.05) is 16.8 Å². The van der Waals surface area contributed by atoms with Gasteiger partial charge >= 0.3 is 12.0 Å². The average Bonchev–Trinajstić information content (AvgIpc) is 2.94. The van der Waals surface area contributed by atoms with Crippen LogP contribution in [0.25, 0.3) is 0 Å². The van der Waals surface area contributed by atoms with Crippen molar-refractivity contribution in [1.82, 2.24) is 10.6 Å². The van der Waals surface area contributed by atoms with Crippen molar-refractivity contribution in [3.63, 3.8) is 0 Å². The molecule has 0 spiro atoms. The number of thiophene rings is 1. The second-order valence-electron chi connectivity index (χ2n) is 5.99. The van der Waals surface area contributed by atoms with Crippen LogP contribution in [0.15, 0.2) is 5.38 Å². The van der Waals surface area contributed by atoms with Crippen LogP contribution in [0.5, 0.6) is 0 Å². The molecule has 6 nitrogen and oxygen atoms in total. The SMILES string of the molecule is CC(C)CNC(=O)NC(=O)COC(=O)c1csc2c1CCCC2. The molecule has 0 aliphatic heterocycles. The van der Waals surface area contributed by atoms with Gasteiger partial charge in [0.2, 0.25) is 0 Å². The summed E-state index contributed by atoms with van der Waals surface area (Å²) in [5, 5.41) is 6.49. The first-order valence-electron chi connectivity index (χ1n) is 7.81. The van der Waals surface area contributed by atoms with E-state index in [1.54, 1.807) is 16.7 Å². The third kappa shape index (κ3) is 5.06. The molecule has 0 saturated carbocycles. The van der Waals surface area contributed by atoms with Crippen molar-refractivity contribution >= 4 is 29.2 Å². The molecule has 7 heteroatoms. The highest BCUT2D eigenvalue weighted by Gasteiger charge is 2.21. The Balaban J connectivity index is 1.79. The fraction of sp³-hybridized carbons (Fsp3) is 0.562. The molecule has 0 radical (unpaired) electrons. The van der Waals surface area contributed by atoms with E-state index in [-0.39, 0.29) is 0 Å². The molecular formula is C16H22N2O4S. The molecule has 1 aromatic rings. The molecule has 2 rings (SSSR count). The highest BCUT2D eigenvalue weighted by atomic mass is 32.1. The van der Waals surface area contributed by atoms with E-state index in [0.717, 1.165) is 31.2 Å². The van der Waals surface area contributed by atoms with Crippen LogP contribution in [0.4, 0.5) is 4.79 Å². The minimum Gasteiger partial charge on any atom is -0.452 e. The Hall–Kier alpha value is -1.89. The largest absolute Gasteiger partial charge is 0.452 e. The summed E-state index contributed by atoms with van der Waals surface area (Å²) in [7, 11) is 0. The van der Waals surface area contributed by atoms with E-state index in [0.29, 0.717) is 18.0 Å². The fourth-order valence-corrected chi connectivity index (χ4v) is 3.49. The third-order valence-corrected chi connectivity index (χ3v) is 4.63. The highest BCUT2D eigenvalue weighted by molar-refractivity contribution is 7.10. The zero-order valence-corrected chi connectivity index (χ0v) is 14.3. The molecule has 0 bridgehead atoms. The second-order valence-corrected chi connectivity index (χ2v) is 6.95. The minimum atomic E-state index is -0.635. The number of carbonyl (C=O) groups is 3. The molecule has 0 atom stereocenters. The Labute approximate surface area is 139 Å². The van der Waals surface area contributed by atoms with Crippen molar-refractivity contribution in [1.29, 1.82) is 0 Å². The number of aryl methyl sites for hydroxylation is 1. The van der Waals surface area contributed by atoms with Gasteiger partial charge in [-0.25, -0.2) is 9.59 Å². The molecule has 3 amide bonds. The normalized spacial score (nSPS) is 13.3. The predicted octanol–water partition coefficient (Wildman–Crippen LogP) is 2.27. The molecule has 1 heterocycles. The van der Waals surface area contributed by atoms with Gasteiger partial charge < -0.3 is 10.1 Å². The Morgan fingerprint density at radius 2 is 2.00 bits per heavy atom. The maximum Gasteiger partial charge on any atom is 0.339 e. The number of amides is 3. The van der Waals surface area contributed by atoms with Crippen LogP contribution in [0.3, 0.4) is 0 Å². The van der Waals surface area contributed by atoms with Crippen LogP contribution < -0.4 is 10.6 Å². The molecule has 126 valence electrons. The van der Waals surface area contributed by atoms with Crippen LogP contribution in [0.2, 0.25) is 0 Å². The van der Waals surface area contributed by atoms with E-state index in [2.05, 4.69) is 10.6 Å². The van der Waals surface area contributed by atoms with E-state index in [1.165, 1.54) is 4.88 Å². The molecule has 0 fully saturated rings. The number of esters is 1. The quantitative estimate of drug-likeness (QED) is 0.807. The van der Waals surface area contributed by atoms with Crippen molar-refractivity contribution in [2.75, 3.05) is 13.2 Å². The lowest BCUT2D eigenvalue weighted by Gasteiger charge is -2.12. The number of hydrogen-bond donors (Lipinski definition) is 2. The van der Waals surface area contributed by atoms with Crippen molar-refractivity contribution in [2.24, 2.45) is 5.92 Å². The van der Waals surface area contributed by atoms with E-state index in [1.807, 2.05) is 13.8 Å². The van der Waals surface area contributed by atoms with Crippen molar-refractivity contribution < 1.29 is 19.1 Å². The number of ether oxygens (including phenoxy) is 1. The number of nitrogens with one attached hydrogen (secondary N) is 2. The lowest BCUT2D eigenvalue weighted by atomic mass is 9.96. The summed E-state index contributed by atoms with van der Waals surface area (Å²) < 4.78 is 5.02. The summed E-state index contributed by atoms with van der Waals surface area (Å²) in [6, 6.07) is -0.576. The van der Waals surface area contributed by atoms with Gasteiger partial charge in [-0.2, -0.15) is 0 Å². The van der Waals surface area contributed by atoms with Crippen molar-refractivity contribution in [3.05, 3.63) is 21.4 Å². The van der Waals surface area contributed by atoms with Crippen LogP contribution in [-0.4, -0.2) is 31.1 Å². The summed E-state index contributed by atoms with van der Waals surface area (Å²) >= 11 is 1.57. The van der Waals surface area contributed by atoms with Gasteiger partial charge in [-0.1, -0.05) is 13.8 Å². The molecule has 1 aliphatic rings. The average molecular weight is 338 g/mol. The first-order valence-corrected chi connectivity index (χ1v) is 8.69. The van der Waals surface area contributed by atoms with Crippen LogP contribution in [0.1, 0.15) is 47.5 Å². The molecule has 0 unspecified atom stereocenters. The van der Waals surface area contributed by atoms with E-state index in [4.69, 9.17) is 4.74 Å². The van der Waals surface area contributed by atoms with Crippen LogP contribution in [0, 0.1) is 5.92 Å². The van der Waals surface area contributed by atoms with Gasteiger partial charge in [-0.3, -0.25) is 10.1 Å². The minimum absolute atomic E-state index is 0.290. The lowest BCUT2D eigenvalue weighted by Crippen LogP contribution is -2.42. The molecule has 2 N–H and O–H groups in total. The van der Waals surface area contributed by atoms with Gasteiger partial charge in [0.05, 0.1) is 5.56 Å². The summed E-state index contributed by atoms with van der Waals surface area (Å²) in [6.07, 6.45) is 4.10. The molecule has 0 saturated heterocycles. The van der Waals surface area contributed by atoms with E-state index >= 15 is 0 Å². The third-order valence-electron chi connectivity index (χ3n) is 3.54. The van der Waals surface area contributed by atoms with Crippen molar-refractivity contribution in [3.8, 4) is 0 Å². The summed E-state index contributed by atoms with van der Waals surface area (Å²) in [4.78, 5) is 36.4. The molecular weight excluding hydrogens is 316 g/mol. The van der Waals surface area contributed by atoms with Gasteiger partial charge in [0.15, 0.2) is 6.61 Å². The molecule has 23 heavy (non-hydrogen) atoms. The maximum atomic E-state index is 12.1. The number of fused-ring (bicyclic) bond motifs is 1. The van der Waals surface area contributed by atoms with Gasteiger partial charge in [-0.05, 0) is 37.2 Å². The first-order chi connectivity index (χ1) is 11.0. The maximum absolute atomic E-state index is 12.1. The first kappa shape index (κ1) is 17.5.